The predicted octanol–water partition coefficient (Wildman–Crippen LogP) is 2.33. The number of aromatic nitrogens is 3. The van der Waals surface area contributed by atoms with E-state index in [1.807, 2.05) is 37.4 Å². The quantitative estimate of drug-likeness (QED) is 0.658. The lowest BCUT2D eigenvalue weighted by Crippen LogP contribution is -2.28. The molecule has 0 spiro atoms. The number of nitrogens with zero attached hydrogens (tertiary/aromatic N) is 3. The molecular weight excluding hydrogens is 318 g/mol. The summed E-state index contributed by atoms with van der Waals surface area (Å²) in [5.41, 5.74) is 2.98. The first kappa shape index (κ1) is 15.4. The van der Waals surface area contributed by atoms with Crippen molar-refractivity contribution in [2.75, 3.05) is 18.5 Å². The molecule has 1 aliphatic heterocycles. The number of nitrogens with one attached hydrogen (secondary N) is 2. The summed E-state index contributed by atoms with van der Waals surface area (Å²) >= 11 is 0. The molecule has 0 aliphatic carbocycles. The van der Waals surface area contributed by atoms with E-state index in [2.05, 4.69) is 27.6 Å². The number of ether oxygens (including phenoxy) is 1. The van der Waals surface area contributed by atoms with Gasteiger partial charge in [0.1, 0.15) is 23.7 Å². The van der Waals surface area contributed by atoms with Gasteiger partial charge < -0.3 is 15.4 Å². The van der Waals surface area contributed by atoms with Crippen molar-refractivity contribution in [1.82, 2.24) is 19.9 Å². The van der Waals surface area contributed by atoms with Crippen molar-refractivity contribution in [3.63, 3.8) is 0 Å². The van der Waals surface area contributed by atoms with Gasteiger partial charge >= 0.3 is 0 Å². The summed E-state index contributed by atoms with van der Waals surface area (Å²) in [7, 11) is 0. The molecule has 0 radical (unpaired) electrons. The molecule has 0 saturated carbocycles. The zero-order chi connectivity index (χ0) is 17.4. The summed E-state index contributed by atoms with van der Waals surface area (Å²) in [4.78, 5) is 17.1. The lowest BCUT2D eigenvalue weighted by molar-refractivity contribution is 0.0948. The maximum Gasteiger partial charge on any atom is 0.256 e. The van der Waals surface area contributed by atoms with Crippen LogP contribution in [-0.4, -0.2) is 33.7 Å². The molecule has 7 nitrogen and oxygen atoms in total. The standard InChI is InChI=1S/C18H19N5O2/c1-11-10-23-17-14(9-20-23)18(24)19-7-8-25-15-6-4-3-5-13(15)12(2)21-16(11)22-17/h3-6,9-10,12H,7-8H2,1-2H3,(H,19,24)(H,21,22)/t12-/m1/s1. The van der Waals surface area contributed by atoms with Crippen molar-refractivity contribution < 1.29 is 9.53 Å². The van der Waals surface area contributed by atoms with Gasteiger partial charge in [0.2, 0.25) is 0 Å². The summed E-state index contributed by atoms with van der Waals surface area (Å²) in [6.07, 6.45) is 3.41. The molecule has 1 aliphatic rings. The molecule has 3 heterocycles. The highest BCUT2D eigenvalue weighted by atomic mass is 16.5. The lowest BCUT2D eigenvalue weighted by atomic mass is 10.1. The third kappa shape index (κ3) is 2.77. The zero-order valence-corrected chi connectivity index (χ0v) is 14.1. The molecule has 1 amide bonds. The average Bonchev–Trinajstić information content (AvgIpc) is 3.01. The van der Waals surface area contributed by atoms with Gasteiger partial charge in [0, 0.05) is 17.3 Å². The maximum atomic E-state index is 12.4. The van der Waals surface area contributed by atoms with Gasteiger partial charge in [0.15, 0.2) is 5.65 Å². The van der Waals surface area contributed by atoms with Crippen molar-refractivity contribution >= 4 is 17.4 Å². The fourth-order valence-electron chi connectivity index (χ4n) is 2.98. The molecule has 25 heavy (non-hydrogen) atoms. The van der Waals surface area contributed by atoms with Crippen molar-refractivity contribution in [2.45, 2.75) is 19.9 Å². The van der Waals surface area contributed by atoms with E-state index in [0.29, 0.717) is 24.4 Å². The molecule has 0 fully saturated rings. The van der Waals surface area contributed by atoms with Gasteiger partial charge in [-0.15, -0.1) is 0 Å². The number of hydrogen-bond acceptors (Lipinski definition) is 5. The Labute approximate surface area is 145 Å². The normalized spacial score (nSPS) is 17.5. The van der Waals surface area contributed by atoms with E-state index < -0.39 is 0 Å². The summed E-state index contributed by atoms with van der Waals surface area (Å²) < 4.78 is 7.50. The fourth-order valence-corrected chi connectivity index (χ4v) is 2.98. The highest BCUT2D eigenvalue weighted by Gasteiger charge is 2.18. The smallest absolute Gasteiger partial charge is 0.256 e. The number of benzene rings is 1. The van der Waals surface area contributed by atoms with Crippen LogP contribution in [0.3, 0.4) is 0 Å². The van der Waals surface area contributed by atoms with Crippen LogP contribution in [0, 0.1) is 6.92 Å². The van der Waals surface area contributed by atoms with Gasteiger partial charge in [-0.3, -0.25) is 4.79 Å². The molecule has 2 bridgehead atoms. The summed E-state index contributed by atoms with van der Waals surface area (Å²) in [5, 5.41) is 10.5. The van der Waals surface area contributed by atoms with E-state index in [-0.39, 0.29) is 11.9 Å². The van der Waals surface area contributed by atoms with E-state index in [1.54, 1.807) is 10.7 Å². The molecule has 2 N–H and O–H groups in total. The number of amides is 1. The first-order valence-corrected chi connectivity index (χ1v) is 8.25. The number of aryl methyl sites for hydroxylation is 1. The molecule has 1 aromatic carbocycles. The predicted molar refractivity (Wildman–Crippen MR) is 94.0 cm³/mol. The lowest BCUT2D eigenvalue weighted by Gasteiger charge is -2.19. The Morgan fingerprint density at radius 3 is 3.04 bits per heavy atom. The van der Waals surface area contributed by atoms with Crippen molar-refractivity contribution in [3.8, 4) is 5.75 Å². The van der Waals surface area contributed by atoms with E-state index in [4.69, 9.17) is 4.74 Å². The maximum absolute atomic E-state index is 12.4. The van der Waals surface area contributed by atoms with Crippen LogP contribution >= 0.6 is 0 Å². The number of hydrogen-bond donors (Lipinski definition) is 2. The Hall–Kier alpha value is -3.09. The van der Waals surface area contributed by atoms with Crippen LogP contribution in [0.2, 0.25) is 0 Å². The molecule has 0 saturated heterocycles. The topological polar surface area (TPSA) is 80.6 Å². The van der Waals surface area contributed by atoms with E-state index in [9.17, 15) is 4.79 Å². The highest BCUT2D eigenvalue weighted by Crippen LogP contribution is 2.28. The third-order valence-electron chi connectivity index (χ3n) is 4.30. The number of carbonyl (C=O) groups is 1. The van der Waals surface area contributed by atoms with Gasteiger partial charge in [-0.2, -0.15) is 5.10 Å². The van der Waals surface area contributed by atoms with Crippen LogP contribution in [0.5, 0.6) is 5.75 Å². The number of fused-ring (bicyclic) bond motifs is 2. The van der Waals surface area contributed by atoms with Crippen LogP contribution in [-0.2, 0) is 0 Å². The van der Waals surface area contributed by atoms with E-state index >= 15 is 0 Å². The average molecular weight is 337 g/mol. The number of para-hydroxylation sites is 1. The van der Waals surface area contributed by atoms with E-state index in [1.165, 1.54) is 0 Å². The Kier molecular flexibility index (Phi) is 3.76. The van der Waals surface area contributed by atoms with Crippen LogP contribution in [0.25, 0.3) is 5.65 Å². The Bertz CT molecular complexity index is 950. The molecule has 128 valence electrons. The number of anilines is 1. The minimum Gasteiger partial charge on any atom is -0.491 e. The molecule has 4 rings (SSSR count). The minimum atomic E-state index is -0.207. The molecular formula is C18H19N5O2. The molecule has 1 atom stereocenters. The van der Waals surface area contributed by atoms with Gasteiger partial charge in [0.05, 0.1) is 18.8 Å². The SMILES string of the molecule is Cc1cn2ncc3c2nc1N[C@H](C)c1ccccc1OCCNC3=O. The van der Waals surface area contributed by atoms with E-state index in [0.717, 1.165) is 22.7 Å². The highest BCUT2D eigenvalue weighted by molar-refractivity contribution is 5.99. The van der Waals surface area contributed by atoms with Crippen LogP contribution in [0.1, 0.15) is 34.5 Å². The summed E-state index contributed by atoms with van der Waals surface area (Å²) in [6.45, 7) is 4.83. The second kappa shape index (κ2) is 6.08. The second-order valence-electron chi connectivity index (χ2n) is 6.11. The fraction of sp³-hybridized carbons (Fsp3) is 0.278. The van der Waals surface area contributed by atoms with Crippen LogP contribution in [0.4, 0.5) is 5.82 Å². The number of rotatable bonds is 0. The summed E-state index contributed by atoms with van der Waals surface area (Å²) in [6, 6.07) is 7.89. The second-order valence-corrected chi connectivity index (χ2v) is 6.11. The van der Waals surface area contributed by atoms with Crippen LogP contribution in [0.15, 0.2) is 36.7 Å². The number of carbonyl (C=O) groups excluding carboxylic acids is 1. The molecule has 0 unspecified atom stereocenters. The Balaban J connectivity index is 1.83. The van der Waals surface area contributed by atoms with Crippen molar-refractivity contribution in [2.24, 2.45) is 0 Å². The van der Waals surface area contributed by atoms with Gasteiger partial charge in [-0.1, -0.05) is 18.2 Å². The monoisotopic (exact) mass is 337 g/mol. The molecule has 7 heteroatoms. The Morgan fingerprint density at radius 1 is 1.32 bits per heavy atom. The first-order chi connectivity index (χ1) is 12.1. The minimum absolute atomic E-state index is 0.000588. The van der Waals surface area contributed by atoms with Gasteiger partial charge in [0.25, 0.3) is 5.91 Å². The first-order valence-electron chi connectivity index (χ1n) is 8.25. The van der Waals surface area contributed by atoms with Crippen molar-refractivity contribution in [1.29, 1.82) is 0 Å². The van der Waals surface area contributed by atoms with Gasteiger partial charge in [-0.05, 0) is 19.9 Å². The van der Waals surface area contributed by atoms with Gasteiger partial charge in [-0.25, -0.2) is 9.50 Å². The largest absolute Gasteiger partial charge is 0.491 e. The Morgan fingerprint density at radius 2 is 2.16 bits per heavy atom. The van der Waals surface area contributed by atoms with Crippen LogP contribution < -0.4 is 15.4 Å². The van der Waals surface area contributed by atoms with Crippen molar-refractivity contribution in [3.05, 3.63) is 53.3 Å². The summed E-state index contributed by atoms with van der Waals surface area (Å²) in [5.74, 6) is 1.32. The zero-order valence-electron chi connectivity index (χ0n) is 14.1. The molecule has 3 aromatic rings. The third-order valence-corrected chi connectivity index (χ3v) is 4.30. The molecule has 2 aromatic heterocycles.